The lowest BCUT2D eigenvalue weighted by Gasteiger charge is -2.17. The van der Waals surface area contributed by atoms with Crippen molar-refractivity contribution in [2.45, 2.75) is 70.1 Å². The Morgan fingerprint density at radius 3 is 2.00 bits per heavy atom. The Labute approximate surface area is 117 Å². The highest BCUT2D eigenvalue weighted by Crippen LogP contribution is 2.26. The van der Waals surface area contributed by atoms with Gasteiger partial charge in [0.2, 0.25) is 0 Å². The van der Waals surface area contributed by atoms with E-state index >= 15 is 0 Å². The molecule has 0 spiro atoms. The zero-order valence-electron chi connectivity index (χ0n) is 11.9. The van der Waals surface area contributed by atoms with Crippen molar-refractivity contribution in [1.82, 2.24) is 0 Å². The van der Waals surface area contributed by atoms with Gasteiger partial charge in [-0.25, -0.2) is 0 Å². The van der Waals surface area contributed by atoms with Gasteiger partial charge >= 0.3 is 0 Å². The van der Waals surface area contributed by atoms with Gasteiger partial charge in [-0.05, 0) is 18.4 Å². The summed E-state index contributed by atoms with van der Waals surface area (Å²) in [4.78, 5) is 12.4. The fourth-order valence-corrected chi connectivity index (χ4v) is 3.08. The molecule has 1 aromatic rings. The summed E-state index contributed by atoms with van der Waals surface area (Å²) in [6.07, 6.45) is 12.0. The quantitative estimate of drug-likeness (QED) is 0.672. The van der Waals surface area contributed by atoms with Gasteiger partial charge in [0.25, 0.3) is 0 Å². The molecule has 2 rings (SSSR count). The molecular formula is C18H26O. The van der Waals surface area contributed by atoms with Crippen LogP contribution in [0, 0.1) is 0 Å². The van der Waals surface area contributed by atoms with Crippen molar-refractivity contribution < 1.29 is 4.79 Å². The topological polar surface area (TPSA) is 17.1 Å². The van der Waals surface area contributed by atoms with E-state index in [1.807, 2.05) is 6.07 Å². The fourth-order valence-electron chi connectivity index (χ4n) is 3.08. The van der Waals surface area contributed by atoms with Gasteiger partial charge in [-0.1, -0.05) is 75.3 Å². The molecule has 1 fully saturated rings. The lowest BCUT2D eigenvalue weighted by atomic mass is 9.86. The zero-order valence-corrected chi connectivity index (χ0v) is 11.9. The molecule has 1 saturated carbocycles. The molecule has 104 valence electrons. The summed E-state index contributed by atoms with van der Waals surface area (Å²) in [7, 11) is 0. The van der Waals surface area contributed by atoms with Crippen LogP contribution in [0.25, 0.3) is 0 Å². The first-order chi connectivity index (χ1) is 9.38. The van der Waals surface area contributed by atoms with Crippen LogP contribution < -0.4 is 0 Å². The van der Waals surface area contributed by atoms with E-state index in [-0.39, 0.29) is 5.92 Å². The Hall–Kier alpha value is -1.11. The summed E-state index contributed by atoms with van der Waals surface area (Å²) in [5, 5.41) is 0. The minimum Gasteiger partial charge on any atom is -0.299 e. The molecule has 0 aliphatic heterocycles. The number of hydrogen-bond acceptors (Lipinski definition) is 1. The summed E-state index contributed by atoms with van der Waals surface area (Å²) in [5.41, 5.74) is 1.23. The normalized spacial score (nSPS) is 23.4. The maximum absolute atomic E-state index is 12.4. The second-order valence-electron chi connectivity index (χ2n) is 5.80. The Bertz CT molecular complexity index is 369. The first-order valence-corrected chi connectivity index (χ1v) is 7.95. The highest BCUT2D eigenvalue weighted by molar-refractivity contribution is 5.85. The molecule has 0 radical (unpaired) electrons. The lowest BCUT2D eigenvalue weighted by molar-refractivity contribution is -0.120. The molecule has 1 heteroatoms. The molecule has 0 aromatic heterocycles. The van der Waals surface area contributed by atoms with Crippen LogP contribution in [0.5, 0.6) is 0 Å². The van der Waals surface area contributed by atoms with Crippen molar-refractivity contribution in [1.29, 1.82) is 0 Å². The molecule has 1 aliphatic rings. The highest BCUT2D eigenvalue weighted by Gasteiger charge is 2.19. The van der Waals surface area contributed by atoms with E-state index in [2.05, 4.69) is 24.3 Å². The minimum atomic E-state index is 0.153. The van der Waals surface area contributed by atoms with Gasteiger partial charge in [-0.2, -0.15) is 0 Å². The second kappa shape index (κ2) is 8.14. The van der Waals surface area contributed by atoms with Gasteiger partial charge in [0.05, 0.1) is 0 Å². The van der Waals surface area contributed by atoms with Gasteiger partial charge in [-0.15, -0.1) is 0 Å². The smallest absolute Gasteiger partial charge is 0.140 e. The van der Waals surface area contributed by atoms with E-state index in [1.165, 1.54) is 50.5 Å². The number of carbonyl (C=O) groups is 1. The molecule has 1 aromatic carbocycles. The van der Waals surface area contributed by atoms with Gasteiger partial charge < -0.3 is 0 Å². The average Bonchev–Trinajstić information content (AvgIpc) is 2.44. The van der Waals surface area contributed by atoms with E-state index in [0.29, 0.717) is 5.78 Å². The first kappa shape index (κ1) is 14.3. The van der Waals surface area contributed by atoms with Gasteiger partial charge in [-0.3, -0.25) is 4.79 Å². The number of benzene rings is 1. The number of rotatable bonds is 1. The van der Waals surface area contributed by atoms with E-state index in [1.54, 1.807) is 0 Å². The first-order valence-electron chi connectivity index (χ1n) is 7.95. The van der Waals surface area contributed by atoms with Crippen molar-refractivity contribution in [2.75, 3.05) is 0 Å². The largest absolute Gasteiger partial charge is 0.299 e. The van der Waals surface area contributed by atoms with Crippen LogP contribution in [0.3, 0.4) is 0 Å². The molecule has 0 unspecified atom stereocenters. The Balaban J connectivity index is 2.01. The summed E-state index contributed by atoms with van der Waals surface area (Å²) in [5.74, 6) is 0.618. The maximum atomic E-state index is 12.4. The monoisotopic (exact) mass is 258 g/mol. The third-order valence-electron chi connectivity index (χ3n) is 4.26. The molecule has 0 N–H and O–H groups in total. The Morgan fingerprint density at radius 1 is 0.737 bits per heavy atom. The predicted molar refractivity (Wildman–Crippen MR) is 80.4 cm³/mol. The maximum Gasteiger partial charge on any atom is 0.140 e. The average molecular weight is 258 g/mol. The SMILES string of the molecule is O=C1CCCCCCCCCC[C@@H]1c1ccccc1. The van der Waals surface area contributed by atoms with Crippen LogP contribution in [-0.2, 0) is 4.79 Å². The highest BCUT2D eigenvalue weighted by atomic mass is 16.1. The predicted octanol–water partition coefficient (Wildman–Crippen LogP) is 5.25. The van der Waals surface area contributed by atoms with Crippen LogP contribution in [0.15, 0.2) is 30.3 Å². The summed E-state index contributed by atoms with van der Waals surface area (Å²) < 4.78 is 0. The van der Waals surface area contributed by atoms with Crippen LogP contribution in [0.4, 0.5) is 0 Å². The molecule has 1 aliphatic carbocycles. The third-order valence-corrected chi connectivity index (χ3v) is 4.26. The van der Waals surface area contributed by atoms with Crippen LogP contribution in [-0.4, -0.2) is 5.78 Å². The standard InChI is InChI=1S/C18H26O/c19-18-15-11-6-4-2-1-3-5-10-14-17(18)16-12-8-7-9-13-16/h7-9,12-13,17H,1-6,10-11,14-15H2/t17-/m1/s1. The molecule has 0 amide bonds. The Kier molecular flexibility index (Phi) is 6.13. The van der Waals surface area contributed by atoms with Crippen molar-refractivity contribution in [3.8, 4) is 0 Å². The third kappa shape index (κ3) is 4.81. The van der Waals surface area contributed by atoms with E-state index in [4.69, 9.17) is 0 Å². The summed E-state index contributed by atoms with van der Waals surface area (Å²) in [6.45, 7) is 0. The molecule has 0 saturated heterocycles. The van der Waals surface area contributed by atoms with E-state index < -0.39 is 0 Å². The Morgan fingerprint density at radius 2 is 1.32 bits per heavy atom. The van der Waals surface area contributed by atoms with E-state index in [9.17, 15) is 4.79 Å². The molecule has 19 heavy (non-hydrogen) atoms. The number of carbonyl (C=O) groups excluding carboxylic acids is 1. The molecule has 1 atom stereocenters. The molecule has 0 heterocycles. The zero-order chi connectivity index (χ0) is 13.3. The fraction of sp³-hybridized carbons (Fsp3) is 0.611. The van der Waals surface area contributed by atoms with Crippen LogP contribution in [0.2, 0.25) is 0 Å². The molecule has 1 nitrogen and oxygen atoms in total. The van der Waals surface area contributed by atoms with Crippen LogP contribution in [0.1, 0.15) is 75.7 Å². The number of Topliss-reactive ketones (excluding diaryl/α,β-unsaturated/α-hetero) is 1. The van der Waals surface area contributed by atoms with Crippen molar-refractivity contribution >= 4 is 5.78 Å². The van der Waals surface area contributed by atoms with Crippen LogP contribution >= 0.6 is 0 Å². The number of hydrogen-bond donors (Lipinski definition) is 0. The summed E-state index contributed by atoms with van der Waals surface area (Å²) >= 11 is 0. The minimum absolute atomic E-state index is 0.153. The van der Waals surface area contributed by atoms with Gasteiger partial charge in [0.15, 0.2) is 0 Å². The van der Waals surface area contributed by atoms with Crippen molar-refractivity contribution in [3.63, 3.8) is 0 Å². The molecular weight excluding hydrogens is 232 g/mol. The van der Waals surface area contributed by atoms with Gasteiger partial charge in [0, 0.05) is 12.3 Å². The van der Waals surface area contributed by atoms with Crippen molar-refractivity contribution in [3.05, 3.63) is 35.9 Å². The summed E-state index contributed by atoms with van der Waals surface area (Å²) in [6, 6.07) is 10.4. The molecule has 0 bridgehead atoms. The van der Waals surface area contributed by atoms with Gasteiger partial charge in [0.1, 0.15) is 5.78 Å². The number of ketones is 1. The van der Waals surface area contributed by atoms with Crippen molar-refractivity contribution in [2.24, 2.45) is 0 Å². The van der Waals surface area contributed by atoms with E-state index in [0.717, 1.165) is 19.3 Å². The second-order valence-corrected chi connectivity index (χ2v) is 5.80. The lowest BCUT2D eigenvalue weighted by Crippen LogP contribution is -2.13.